The van der Waals surface area contributed by atoms with Crippen LogP contribution in [-0.2, 0) is 17.6 Å². The highest BCUT2D eigenvalue weighted by Gasteiger charge is 2.08. The third kappa shape index (κ3) is 5.47. The molecule has 0 spiro atoms. The Hall–Kier alpha value is -3.08. The van der Waals surface area contributed by atoms with Crippen LogP contribution in [0, 0.1) is 0 Å². The molecule has 0 bridgehead atoms. The van der Waals surface area contributed by atoms with Crippen molar-refractivity contribution in [2.45, 2.75) is 39.0 Å². The molecule has 0 saturated heterocycles. The monoisotopic (exact) mass is 392 g/mol. The zero-order chi connectivity index (χ0) is 20.8. The van der Waals surface area contributed by atoms with Crippen LogP contribution in [-0.4, -0.2) is 24.5 Å². The minimum atomic E-state index is -0.126. The number of methoxy groups -OCH3 is 1. The van der Waals surface area contributed by atoms with Gasteiger partial charge in [-0.1, -0.05) is 32.0 Å². The van der Waals surface area contributed by atoms with Crippen LogP contribution in [0.25, 0.3) is 10.9 Å². The second-order valence-electron chi connectivity index (χ2n) is 7.58. The lowest BCUT2D eigenvalue weighted by Gasteiger charge is -2.09. The number of aromatic amines is 1. The molecule has 0 radical (unpaired) electrons. The molecule has 2 aromatic carbocycles. The summed E-state index contributed by atoms with van der Waals surface area (Å²) >= 11 is 0. The third-order valence-corrected chi connectivity index (χ3v) is 5.10. The number of H-pyrrole nitrogens is 1. The summed E-state index contributed by atoms with van der Waals surface area (Å²) in [5, 5.41) is 3.93. The van der Waals surface area contributed by atoms with Gasteiger partial charge in [0, 0.05) is 24.0 Å². The molecule has 3 aromatic rings. The van der Waals surface area contributed by atoms with Gasteiger partial charge >= 0.3 is 0 Å². The number of hydrogen-bond acceptors (Lipinski definition) is 3. The van der Waals surface area contributed by atoms with E-state index in [4.69, 9.17) is 4.74 Å². The van der Waals surface area contributed by atoms with Crippen LogP contribution in [0.1, 0.15) is 42.9 Å². The summed E-state index contributed by atoms with van der Waals surface area (Å²) < 4.78 is 5.21. The lowest BCUT2D eigenvalue weighted by molar-refractivity contribution is -0.121. The number of nitrogens with one attached hydrogen (secondary N) is 2. The molecule has 152 valence electrons. The van der Waals surface area contributed by atoms with Gasteiger partial charge in [-0.15, -0.1) is 0 Å². The maximum atomic E-state index is 12.3. The minimum Gasteiger partial charge on any atom is -0.497 e. The molecule has 2 N–H and O–H groups in total. The number of rotatable bonds is 8. The summed E-state index contributed by atoms with van der Waals surface area (Å²) in [7, 11) is 1.64. The summed E-state index contributed by atoms with van der Waals surface area (Å²) in [5.41, 5.74) is 3.67. The number of benzene rings is 2. The maximum Gasteiger partial charge on any atom is 0.251 e. The smallest absolute Gasteiger partial charge is 0.251 e. The fourth-order valence-corrected chi connectivity index (χ4v) is 3.33. The Morgan fingerprint density at radius 2 is 1.93 bits per heavy atom. The van der Waals surface area contributed by atoms with Crippen molar-refractivity contribution in [2.24, 2.45) is 0 Å². The van der Waals surface area contributed by atoms with E-state index in [0.29, 0.717) is 24.4 Å². The summed E-state index contributed by atoms with van der Waals surface area (Å²) in [6.07, 6.45) is 1.44. The molecular weight excluding hydrogens is 364 g/mol. The molecule has 0 aliphatic rings. The Balaban J connectivity index is 1.57. The summed E-state index contributed by atoms with van der Waals surface area (Å²) in [4.78, 5) is 27.4. The van der Waals surface area contributed by atoms with Crippen LogP contribution < -0.4 is 15.6 Å². The van der Waals surface area contributed by atoms with Crippen LogP contribution in [0.4, 0.5) is 0 Å². The van der Waals surface area contributed by atoms with Crippen molar-refractivity contribution in [1.82, 2.24) is 10.3 Å². The fourth-order valence-electron chi connectivity index (χ4n) is 3.33. The van der Waals surface area contributed by atoms with Gasteiger partial charge in [0.05, 0.1) is 7.11 Å². The highest BCUT2D eigenvalue weighted by molar-refractivity contribution is 5.80. The van der Waals surface area contributed by atoms with Gasteiger partial charge < -0.3 is 15.0 Å². The lowest BCUT2D eigenvalue weighted by Crippen LogP contribution is -2.26. The normalized spacial score (nSPS) is 11.0. The number of amides is 1. The second kappa shape index (κ2) is 9.41. The van der Waals surface area contributed by atoms with Gasteiger partial charge in [-0.3, -0.25) is 9.59 Å². The zero-order valence-corrected chi connectivity index (χ0v) is 17.2. The van der Waals surface area contributed by atoms with E-state index in [2.05, 4.69) is 30.2 Å². The molecule has 0 fully saturated rings. The van der Waals surface area contributed by atoms with E-state index < -0.39 is 0 Å². The van der Waals surface area contributed by atoms with Crippen LogP contribution in [0.15, 0.2) is 53.3 Å². The molecule has 1 amide bonds. The van der Waals surface area contributed by atoms with Crippen molar-refractivity contribution in [3.8, 4) is 5.75 Å². The highest BCUT2D eigenvalue weighted by Crippen LogP contribution is 2.20. The number of aryl methyl sites for hydroxylation is 1. The Morgan fingerprint density at radius 3 is 2.69 bits per heavy atom. The first-order chi connectivity index (χ1) is 14.0. The van der Waals surface area contributed by atoms with Crippen LogP contribution in [0.3, 0.4) is 0 Å². The Morgan fingerprint density at radius 1 is 1.10 bits per heavy atom. The number of ether oxygens (including phenoxy) is 1. The number of hydrogen-bond donors (Lipinski definition) is 2. The molecule has 3 rings (SSSR count). The molecule has 5 nitrogen and oxygen atoms in total. The number of carbonyl (C=O) groups excluding carboxylic acids is 1. The van der Waals surface area contributed by atoms with E-state index in [0.717, 1.165) is 28.6 Å². The SMILES string of the molecule is COc1cccc(CCNC(=O)CCc2cc3cc(C(C)C)ccc3[nH]c2=O)c1. The Bertz CT molecular complexity index is 1050. The standard InChI is InChI=1S/C24H28N2O3/c1-16(2)18-7-9-22-20(14-18)15-19(24(28)26-22)8-10-23(27)25-12-11-17-5-4-6-21(13-17)29-3/h4-7,9,13-16H,8,10-12H2,1-3H3,(H,25,27)(H,26,28). The molecule has 0 aliphatic carbocycles. The molecular formula is C24H28N2O3. The molecule has 0 unspecified atom stereocenters. The van der Waals surface area contributed by atoms with Crippen molar-refractivity contribution < 1.29 is 9.53 Å². The molecule has 1 heterocycles. The van der Waals surface area contributed by atoms with Crippen LogP contribution in [0.2, 0.25) is 0 Å². The van der Waals surface area contributed by atoms with Crippen LogP contribution in [0.5, 0.6) is 5.75 Å². The van der Waals surface area contributed by atoms with Gasteiger partial charge in [-0.05, 0) is 65.6 Å². The maximum absolute atomic E-state index is 12.3. The van der Waals surface area contributed by atoms with Gasteiger partial charge in [0.1, 0.15) is 5.75 Å². The summed E-state index contributed by atoms with van der Waals surface area (Å²) in [6, 6.07) is 15.8. The number of carbonyl (C=O) groups is 1. The first kappa shape index (κ1) is 20.6. The van der Waals surface area contributed by atoms with Gasteiger partial charge in [0.15, 0.2) is 0 Å². The van der Waals surface area contributed by atoms with E-state index in [1.54, 1.807) is 7.11 Å². The minimum absolute atomic E-state index is 0.0525. The third-order valence-electron chi connectivity index (χ3n) is 5.10. The quantitative estimate of drug-likeness (QED) is 0.610. The average Bonchev–Trinajstić information content (AvgIpc) is 2.72. The fraction of sp³-hybridized carbons (Fsp3) is 0.333. The summed E-state index contributed by atoms with van der Waals surface area (Å²) in [5.74, 6) is 1.18. The van der Waals surface area contributed by atoms with E-state index in [1.807, 2.05) is 42.5 Å². The molecule has 0 saturated carbocycles. The largest absolute Gasteiger partial charge is 0.497 e. The average molecular weight is 392 g/mol. The second-order valence-corrected chi connectivity index (χ2v) is 7.58. The lowest BCUT2D eigenvalue weighted by atomic mass is 10.00. The van der Waals surface area contributed by atoms with Crippen molar-refractivity contribution in [3.05, 3.63) is 75.6 Å². The Labute approximate surface area is 171 Å². The van der Waals surface area contributed by atoms with Crippen LogP contribution >= 0.6 is 0 Å². The Kier molecular flexibility index (Phi) is 6.70. The van der Waals surface area contributed by atoms with Crippen molar-refractivity contribution >= 4 is 16.8 Å². The molecule has 5 heteroatoms. The number of pyridine rings is 1. The topological polar surface area (TPSA) is 71.2 Å². The van der Waals surface area contributed by atoms with Crippen molar-refractivity contribution in [3.63, 3.8) is 0 Å². The van der Waals surface area contributed by atoms with Gasteiger partial charge in [0.25, 0.3) is 5.56 Å². The molecule has 0 aliphatic heterocycles. The first-order valence-electron chi connectivity index (χ1n) is 10.0. The number of aromatic nitrogens is 1. The molecule has 0 atom stereocenters. The van der Waals surface area contributed by atoms with E-state index in [1.165, 1.54) is 5.56 Å². The predicted molar refractivity (Wildman–Crippen MR) is 117 cm³/mol. The first-order valence-corrected chi connectivity index (χ1v) is 10.0. The number of fused-ring (bicyclic) bond motifs is 1. The van der Waals surface area contributed by atoms with E-state index in [-0.39, 0.29) is 17.9 Å². The van der Waals surface area contributed by atoms with Crippen molar-refractivity contribution in [2.75, 3.05) is 13.7 Å². The van der Waals surface area contributed by atoms with Gasteiger partial charge in [0.2, 0.25) is 5.91 Å². The zero-order valence-electron chi connectivity index (χ0n) is 17.2. The van der Waals surface area contributed by atoms with Crippen molar-refractivity contribution in [1.29, 1.82) is 0 Å². The summed E-state index contributed by atoms with van der Waals surface area (Å²) in [6.45, 7) is 4.84. The molecule has 1 aromatic heterocycles. The highest BCUT2D eigenvalue weighted by atomic mass is 16.5. The molecule has 29 heavy (non-hydrogen) atoms. The van der Waals surface area contributed by atoms with Gasteiger partial charge in [-0.2, -0.15) is 0 Å². The van der Waals surface area contributed by atoms with E-state index in [9.17, 15) is 9.59 Å². The predicted octanol–water partition coefficient (Wildman–Crippen LogP) is 3.95. The van der Waals surface area contributed by atoms with Gasteiger partial charge in [-0.25, -0.2) is 0 Å². The van der Waals surface area contributed by atoms with E-state index >= 15 is 0 Å².